The Balaban J connectivity index is 2.58. The van der Waals surface area contributed by atoms with Gasteiger partial charge in [-0.05, 0) is 6.42 Å². The summed E-state index contributed by atoms with van der Waals surface area (Å²) in [6.07, 6.45) is 8.78. The van der Waals surface area contributed by atoms with Gasteiger partial charge in [0.25, 0.3) is 0 Å². The smallest absolute Gasteiger partial charge is 0.247 e. The molecule has 26 heavy (non-hydrogen) atoms. The van der Waals surface area contributed by atoms with Crippen molar-refractivity contribution in [3.8, 4) is 0 Å². The first kappa shape index (κ1) is 24.7. The molecule has 0 saturated carbocycles. The van der Waals surface area contributed by atoms with Gasteiger partial charge < -0.3 is 8.37 Å². The fourth-order valence-electron chi connectivity index (χ4n) is 2.88. The predicted molar refractivity (Wildman–Crippen MR) is 115 cm³/mol. The highest BCUT2D eigenvalue weighted by molar-refractivity contribution is 8.99. The molecular formula is C15H30NO5PS4. The molecular weight excluding hydrogens is 433 g/mol. The lowest BCUT2D eigenvalue weighted by Gasteiger charge is -2.23. The van der Waals surface area contributed by atoms with Crippen molar-refractivity contribution in [3.05, 3.63) is 0 Å². The fourth-order valence-corrected chi connectivity index (χ4v) is 15.5. The van der Waals surface area contributed by atoms with E-state index < -0.39 is 19.5 Å². The summed E-state index contributed by atoms with van der Waals surface area (Å²) in [5, 5.41) is 0. The monoisotopic (exact) mass is 463 g/mol. The summed E-state index contributed by atoms with van der Waals surface area (Å²) in [6, 6.07) is 0. The van der Waals surface area contributed by atoms with Crippen LogP contribution in [-0.4, -0.2) is 44.4 Å². The minimum absolute atomic E-state index is 0.0800. The molecule has 1 unspecified atom stereocenters. The third-order valence-corrected chi connectivity index (χ3v) is 17.2. The molecule has 1 aliphatic rings. The number of carbonyl (C=O) groups is 1. The van der Waals surface area contributed by atoms with Crippen molar-refractivity contribution in [1.82, 2.24) is 4.31 Å². The van der Waals surface area contributed by atoms with E-state index >= 15 is 0 Å². The van der Waals surface area contributed by atoms with E-state index in [2.05, 4.69) is 6.92 Å². The molecule has 0 aliphatic carbocycles. The highest BCUT2D eigenvalue weighted by Crippen LogP contribution is 2.75. The second-order valence-electron chi connectivity index (χ2n) is 6.17. The highest BCUT2D eigenvalue weighted by atomic mass is 33.2. The molecule has 11 heteroatoms. The Morgan fingerprint density at radius 2 is 1.58 bits per heavy atom. The molecule has 1 aliphatic heterocycles. The summed E-state index contributed by atoms with van der Waals surface area (Å²) in [4.78, 5) is 11.4. The normalized spacial score (nSPS) is 20.0. The highest BCUT2D eigenvalue weighted by Gasteiger charge is 2.52. The van der Waals surface area contributed by atoms with Gasteiger partial charge in [-0.15, -0.1) is 0 Å². The lowest BCUT2D eigenvalue weighted by atomic mass is 10.1. The van der Waals surface area contributed by atoms with E-state index in [1.807, 2.05) is 0 Å². The minimum atomic E-state index is -3.76. The molecule has 1 fully saturated rings. The van der Waals surface area contributed by atoms with Crippen LogP contribution in [0.3, 0.4) is 0 Å². The zero-order chi connectivity index (χ0) is 19.6. The first-order chi connectivity index (χ1) is 12.3. The predicted octanol–water partition coefficient (Wildman–Crippen LogP) is 4.91. The van der Waals surface area contributed by atoms with Crippen LogP contribution in [0.4, 0.5) is 0 Å². The standard InChI is InChI=1S/C15H30NO5PS4/c1-4-5-6-7-8-9-10-11-12-16-14(17)13-15(26(16,18)19)22(23,24-20-2)25-21-3/h15H,4-13H2,1-3H3. The van der Waals surface area contributed by atoms with Crippen LogP contribution in [0.2, 0.25) is 0 Å². The van der Waals surface area contributed by atoms with Crippen LogP contribution in [0, 0.1) is 0 Å². The molecule has 0 radical (unpaired) electrons. The number of nitrogens with zero attached hydrogens (tertiary/aromatic N) is 1. The maximum atomic E-state index is 12.9. The van der Waals surface area contributed by atoms with Crippen LogP contribution in [0.5, 0.6) is 0 Å². The lowest BCUT2D eigenvalue weighted by Crippen LogP contribution is -2.32. The fraction of sp³-hybridized carbons (Fsp3) is 0.933. The van der Waals surface area contributed by atoms with E-state index in [4.69, 9.17) is 20.2 Å². The number of amides is 1. The third kappa shape index (κ3) is 6.94. The Morgan fingerprint density at radius 1 is 1.08 bits per heavy atom. The number of sulfonamides is 1. The van der Waals surface area contributed by atoms with Gasteiger partial charge in [0.05, 0.1) is 20.6 Å². The van der Waals surface area contributed by atoms with E-state index in [0.717, 1.165) is 40.5 Å². The summed E-state index contributed by atoms with van der Waals surface area (Å²) >= 11 is 7.46. The van der Waals surface area contributed by atoms with E-state index in [0.29, 0.717) is 6.42 Å². The van der Waals surface area contributed by atoms with Gasteiger partial charge in [-0.25, -0.2) is 12.7 Å². The third-order valence-electron chi connectivity index (χ3n) is 4.20. The minimum Gasteiger partial charge on any atom is -0.313 e. The molecule has 0 aromatic carbocycles. The molecule has 1 amide bonds. The number of hydrogen-bond acceptors (Lipinski definition) is 8. The summed E-state index contributed by atoms with van der Waals surface area (Å²) < 4.78 is 34.2. The summed E-state index contributed by atoms with van der Waals surface area (Å²) in [5.41, 5.74) is 0. The Morgan fingerprint density at radius 3 is 2.08 bits per heavy atom. The average Bonchev–Trinajstić information content (AvgIpc) is 2.81. The second kappa shape index (κ2) is 12.3. The van der Waals surface area contributed by atoms with Crippen molar-refractivity contribution in [1.29, 1.82) is 0 Å². The zero-order valence-electron chi connectivity index (χ0n) is 15.7. The van der Waals surface area contributed by atoms with E-state index in [1.165, 1.54) is 46.3 Å². The number of hydrogen-bond donors (Lipinski definition) is 0. The van der Waals surface area contributed by atoms with Gasteiger partial charge in [-0.1, -0.05) is 63.7 Å². The molecule has 1 heterocycles. The van der Waals surface area contributed by atoms with Gasteiger partial charge in [-0.2, -0.15) is 0 Å². The Labute approximate surface area is 171 Å². The van der Waals surface area contributed by atoms with Crippen molar-refractivity contribution in [2.45, 2.75) is 69.7 Å². The lowest BCUT2D eigenvalue weighted by molar-refractivity contribution is -0.125. The summed E-state index contributed by atoms with van der Waals surface area (Å²) in [7, 11) is -0.860. The molecule has 1 saturated heterocycles. The van der Waals surface area contributed by atoms with Crippen LogP contribution >= 0.6 is 27.8 Å². The van der Waals surface area contributed by atoms with Crippen LogP contribution < -0.4 is 0 Å². The SMILES string of the molecule is CCCCCCCCCCN1C(=O)CC(P(=S)(SOC)SOC)S1(=O)=O. The first-order valence-corrected chi connectivity index (χ1v) is 16.0. The van der Waals surface area contributed by atoms with Crippen molar-refractivity contribution in [2.24, 2.45) is 0 Å². The molecule has 0 aromatic rings. The molecule has 0 spiro atoms. The van der Waals surface area contributed by atoms with Crippen molar-refractivity contribution in [2.75, 3.05) is 20.8 Å². The van der Waals surface area contributed by atoms with Crippen molar-refractivity contribution < 1.29 is 21.6 Å². The topological polar surface area (TPSA) is 72.9 Å². The molecule has 0 aromatic heterocycles. The molecule has 1 rings (SSSR count). The number of carbonyl (C=O) groups excluding carboxylic acids is 1. The first-order valence-electron chi connectivity index (χ1n) is 8.92. The molecule has 0 N–H and O–H groups in total. The molecule has 1 atom stereocenters. The van der Waals surface area contributed by atoms with E-state index in [9.17, 15) is 13.2 Å². The quantitative estimate of drug-likeness (QED) is 0.204. The van der Waals surface area contributed by atoms with Gasteiger partial charge in [0.1, 0.15) is 9.43 Å². The van der Waals surface area contributed by atoms with Gasteiger partial charge in [0, 0.05) is 29.9 Å². The molecule has 6 nitrogen and oxygen atoms in total. The summed E-state index contributed by atoms with van der Waals surface area (Å²) in [6.45, 7) is 2.44. The number of rotatable bonds is 14. The van der Waals surface area contributed by atoms with Gasteiger partial charge >= 0.3 is 0 Å². The van der Waals surface area contributed by atoms with Crippen LogP contribution in [0.25, 0.3) is 0 Å². The van der Waals surface area contributed by atoms with E-state index in [-0.39, 0.29) is 18.9 Å². The average molecular weight is 464 g/mol. The van der Waals surface area contributed by atoms with E-state index in [1.54, 1.807) is 0 Å². The van der Waals surface area contributed by atoms with Gasteiger partial charge in [0.15, 0.2) is 0 Å². The Kier molecular flexibility index (Phi) is 11.7. The Hall–Kier alpha value is 0.690. The second-order valence-corrected chi connectivity index (χ2v) is 19.4. The van der Waals surface area contributed by atoms with Crippen LogP contribution in [0.1, 0.15) is 64.7 Å². The van der Waals surface area contributed by atoms with Gasteiger partial charge in [-0.3, -0.25) is 4.79 Å². The number of unbranched alkanes of at least 4 members (excludes halogenated alkanes) is 7. The molecule has 154 valence electrons. The van der Waals surface area contributed by atoms with Crippen LogP contribution in [0.15, 0.2) is 0 Å². The van der Waals surface area contributed by atoms with Crippen molar-refractivity contribution in [3.63, 3.8) is 0 Å². The summed E-state index contributed by atoms with van der Waals surface area (Å²) in [5.74, 6) is -0.361. The molecule has 0 bridgehead atoms. The maximum Gasteiger partial charge on any atom is 0.247 e. The van der Waals surface area contributed by atoms with Crippen LogP contribution in [-0.2, 0) is 35.0 Å². The zero-order valence-corrected chi connectivity index (χ0v) is 19.9. The largest absolute Gasteiger partial charge is 0.313 e. The van der Waals surface area contributed by atoms with Crippen molar-refractivity contribution >= 4 is 55.5 Å². The maximum absolute atomic E-state index is 12.9. The van der Waals surface area contributed by atoms with Gasteiger partial charge in [0.2, 0.25) is 15.9 Å². The Bertz CT molecular complexity index is 577.